The molecular weight excluding hydrogens is 735 g/mol. The second kappa shape index (κ2) is 12.6. The largest absolute Gasteiger partial charge is 0.506 e. The van der Waals surface area contributed by atoms with Crippen LogP contribution in [0, 0.1) is 11.7 Å². The van der Waals surface area contributed by atoms with Gasteiger partial charge in [-0.15, -0.1) is 0 Å². The van der Waals surface area contributed by atoms with Crippen molar-refractivity contribution in [2.75, 3.05) is 29.3 Å². The Kier molecular flexibility index (Phi) is 8.29. The van der Waals surface area contributed by atoms with E-state index < -0.39 is 87.8 Å². The van der Waals surface area contributed by atoms with Crippen LogP contribution in [0.5, 0.6) is 5.75 Å². The van der Waals surface area contributed by atoms with Crippen LogP contribution >= 0.6 is 0 Å². The number of imide groups is 1. The molecule has 2 atom stereocenters. The summed E-state index contributed by atoms with van der Waals surface area (Å²) in [6, 6.07) is 8.81. The first-order valence-corrected chi connectivity index (χ1v) is 18.7. The molecule has 3 saturated heterocycles. The summed E-state index contributed by atoms with van der Waals surface area (Å²) in [6.45, 7) is -0.859. The van der Waals surface area contributed by atoms with Gasteiger partial charge in [0.2, 0.25) is 17.7 Å². The lowest BCUT2D eigenvalue weighted by Gasteiger charge is -2.47. The molecule has 8 rings (SSSR count). The van der Waals surface area contributed by atoms with E-state index in [1.165, 1.54) is 34.4 Å². The Hall–Kier alpha value is -5.43. The molecule has 1 saturated carbocycles. The number of anilines is 2. The third-order valence-electron chi connectivity index (χ3n) is 11.0. The van der Waals surface area contributed by atoms with E-state index in [1.54, 1.807) is 27.8 Å². The van der Waals surface area contributed by atoms with Crippen LogP contribution in [0.25, 0.3) is 21.8 Å². The number of imidazole rings is 1. The lowest BCUT2D eigenvalue weighted by Crippen LogP contribution is -2.56. The molecule has 1 aromatic heterocycles. The monoisotopic (exact) mass is 769 g/mol. The van der Waals surface area contributed by atoms with Crippen molar-refractivity contribution in [2.24, 2.45) is 13.0 Å². The molecule has 19 heteroatoms. The highest BCUT2D eigenvalue weighted by atomic mass is 32.2. The number of benzene rings is 3. The predicted octanol–water partition coefficient (Wildman–Crippen LogP) is 2.34. The number of fused-ring (bicyclic) bond motifs is 2. The van der Waals surface area contributed by atoms with Gasteiger partial charge in [0, 0.05) is 36.5 Å². The fourth-order valence-electron chi connectivity index (χ4n) is 8.16. The molecule has 3 aliphatic heterocycles. The van der Waals surface area contributed by atoms with Gasteiger partial charge in [-0.3, -0.25) is 38.5 Å². The molecule has 1 aliphatic carbocycles. The molecule has 0 spiro atoms. The molecule has 4 amide bonds. The summed E-state index contributed by atoms with van der Waals surface area (Å²) in [5.41, 5.74) is 0.292. The smallest absolute Gasteiger partial charge is 0.329 e. The van der Waals surface area contributed by atoms with E-state index in [4.69, 9.17) is 0 Å². The number of nitrogens with one attached hydrogen (secondary N) is 3. The van der Waals surface area contributed by atoms with Crippen LogP contribution < -0.4 is 25.4 Å². The zero-order valence-electron chi connectivity index (χ0n) is 28.6. The topological polar surface area (TPSA) is 192 Å². The number of rotatable bonds is 6. The van der Waals surface area contributed by atoms with Crippen LogP contribution in [0.15, 0.2) is 47.3 Å². The highest BCUT2D eigenvalue weighted by Gasteiger charge is 2.49. The van der Waals surface area contributed by atoms with Gasteiger partial charge in [-0.05, 0) is 79.6 Å². The number of aryl methyl sites for hydroxylation is 1. The second-order valence-corrected chi connectivity index (χ2v) is 15.9. The number of phenols is 1. The Labute approximate surface area is 304 Å². The first-order valence-electron chi connectivity index (χ1n) is 17.3. The van der Waals surface area contributed by atoms with Gasteiger partial charge in [0.05, 0.1) is 23.5 Å². The van der Waals surface area contributed by atoms with Gasteiger partial charge in [0.15, 0.2) is 5.82 Å². The van der Waals surface area contributed by atoms with E-state index >= 15 is 13.2 Å². The van der Waals surface area contributed by atoms with Crippen molar-refractivity contribution < 1.29 is 45.9 Å². The van der Waals surface area contributed by atoms with Gasteiger partial charge in [-0.1, -0.05) is 6.07 Å². The van der Waals surface area contributed by atoms with E-state index in [2.05, 4.69) is 10.6 Å². The number of halogens is 3. The van der Waals surface area contributed by atoms with E-state index in [-0.39, 0.29) is 47.7 Å². The second-order valence-electron chi connectivity index (χ2n) is 14.3. The summed E-state index contributed by atoms with van der Waals surface area (Å²) in [7, 11) is -2.87. The van der Waals surface area contributed by atoms with Crippen molar-refractivity contribution in [1.82, 2.24) is 24.1 Å². The third-order valence-corrected chi connectivity index (χ3v) is 12.4. The molecule has 15 nitrogen and oxygen atoms in total. The first kappa shape index (κ1) is 35.6. The molecule has 4 fully saturated rings. The summed E-state index contributed by atoms with van der Waals surface area (Å²) in [5, 5.41) is 15.6. The molecule has 284 valence electrons. The minimum Gasteiger partial charge on any atom is -0.506 e. The van der Waals surface area contributed by atoms with Gasteiger partial charge < -0.3 is 10.4 Å². The number of carbonyl (C=O) groups excluding carboxylic acids is 4. The number of phenolic OH excluding ortho intramolecular Hbond substituents is 1. The maximum absolute atomic E-state index is 15.8. The molecule has 3 aromatic carbocycles. The van der Waals surface area contributed by atoms with Crippen molar-refractivity contribution in [2.45, 2.75) is 56.0 Å². The number of carbonyl (C=O) groups is 4. The number of piperidine rings is 2. The summed E-state index contributed by atoms with van der Waals surface area (Å²) in [6.07, 6.45) is 1.06. The number of amides is 4. The lowest BCUT2D eigenvalue weighted by molar-refractivity contribution is -0.136. The van der Waals surface area contributed by atoms with Gasteiger partial charge in [0.25, 0.3) is 11.8 Å². The van der Waals surface area contributed by atoms with Gasteiger partial charge in [0.1, 0.15) is 24.0 Å². The number of hydrogen-bond acceptors (Lipinski definition) is 9. The van der Waals surface area contributed by atoms with Crippen LogP contribution in [-0.4, -0.2) is 82.8 Å². The SMILES string of the molecule is Cn1c(=O)n(C2CCC(=O)NC2=O)c2ccc(C3CCN(C4CC(C(=O)Nc5ccc6c(F)c(N7CC(=O)NS7(=O)=O)c(O)cc6c5)C4)CC3(F)F)cc21. The number of aromatic hydroxyl groups is 1. The highest BCUT2D eigenvalue weighted by molar-refractivity contribution is 7.92. The third kappa shape index (κ3) is 5.85. The predicted molar refractivity (Wildman–Crippen MR) is 188 cm³/mol. The van der Waals surface area contributed by atoms with E-state index in [0.717, 1.165) is 6.07 Å². The fraction of sp³-hybridized carbons (Fsp3) is 0.400. The fourth-order valence-corrected chi connectivity index (χ4v) is 9.32. The van der Waals surface area contributed by atoms with Crippen LogP contribution in [0.4, 0.5) is 24.5 Å². The van der Waals surface area contributed by atoms with Crippen molar-refractivity contribution in [3.05, 3.63) is 64.3 Å². The van der Waals surface area contributed by atoms with Crippen LogP contribution in [0.1, 0.15) is 49.6 Å². The Morgan fingerprint density at radius 1 is 1.00 bits per heavy atom. The number of aromatic nitrogens is 2. The molecule has 4 N–H and O–H groups in total. The maximum Gasteiger partial charge on any atom is 0.329 e. The van der Waals surface area contributed by atoms with Crippen LogP contribution in [0.2, 0.25) is 0 Å². The standard InChI is InChI=1S/C35H34F3N7O8S/c1-42-26-13-17(2-5-24(26)45(34(42)51)25-6-7-28(47)40-33(25)50)23-8-9-43(16-35(23,37)38)21-11-19(12-21)32(49)39-20-3-4-22-18(10-20)14-27(46)31(30(22)36)44-15-29(48)41-54(44,52)53/h2-5,10,13-14,19,21,23,25,46H,6-9,11-12,15-16H2,1H3,(H,39,49)(H,41,48)(H,40,47,50). The molecule has 2 unspecified atom stereocenters. The minimum absolute atomic E-state index is 0.0574. The minimum atomic E-state index is -4.38. The molecule has 54 heavy (non-hydrogen) atoms. The Morgan fingerprint density at radius 2 is 1.76 bits per heavy atom. The molecule has 4 heterocycles. The zero-order chi connectivity index (χ0) is 38.4. The Balaban J connectivity index is 0.909. The quantitative estimate of drug-likeness (QED) is 0.213. The average molecular weight is 770 g/mol. The van der Waals surface area contributed by atoms with Crippen molar-refractivity contribution in [1.29, 1.82) is 0 Å². The molecule has 4 aromatic rings. The van der Waals surface area contributed by atoms with E-state index in [0.29, 0.717) is 40.3 Å². The van der Waals surface area contributed by atoms with Crippen molar-refractivity contribution in [3.8, 4) is 5.75 Å². The number of likely N-dealkylation sites (tertiary alicyclic amines) is 1. The van der Waals surface area contributed by atoms with Gasteiger partial charge in [-0.25, -0.2) is 27.0 Å². The molecule has 4 aliphatic rings. The summed E-state index contributed by atoms with van der Waals surface area (Å²) in [4.78, 5) is 63.7. The lowest BCUT2D eigenvalue weighted by atomic mass is 9.76. The van der Waals surface area contributed by atoms with Crippen molar-refractivity contribution in [3.63, 3.8) is 0 Å². The van der Waals surface area contributed by atoms with E-state index in [1.807, 2.05) is 0 Å². The van der Waals surface area contributed by atoms with Gasteiger partial charge >= 0.3 is 15.9 Å². The first-order chi connectivity index (χ1) is 25.5. The summed E-state index contributed by atoms with van der Waals surface area (Å²) < 4.78 is 76.3. The molecule has 0 bridgehead atoms. The van der Waals surface area contributed by atoms with Crippen molar-refractivity contribution >= 4 is 67.0 Å². The maximum atomic E-state index is 15.8. The summed E-state index contributed by atoms with van der Waals surface area (Å²) in [5.74, 6) is -8.74. The van der Waals surface area contributed by atoms with Crippen LogP contribution in [0.3, 0.4) is 0 Å². The van der Waals surface area contributed by atoms with Crippen LogP contribution in [-0.2, 0) is 36.4 Å². The molecule has 0 radical (unpaired) electrons. The molecular formula is C35H34F3N7O8S. The number of nitrogens with zero attached hydrogens (tertiary/aromatic N) is 4. The number of alkyl halides is 2. The Bertz CT molecular complexity index is 2480. The highest BCUT2D eigenvalue weighted by Crippen LogP contribution is 2.45. The van der Waals surface area contributed by atoms with Gasteiger partial charge in [-0.2, -0.15) is 8.42 Å². The average Bonchev–Trinajstić information content (AvgIpc) is 3.48. The Morgan fingerprint density at radius 3 is 2.44 bits per heavy atom. The number of hydrogen-bond donors (Lipinski definition) is 4. The normalized spacial score (nSPS) is 25.4. The summed E-state index contributed by atoms with van der Waals surface area (Å²) >= 11 is 0. The van der Waals surface area contributed by atoms with E-state index in [9.17, 15) is 37.5 Å². The zero-order valence-corrected chi connectivity index (χ0v) is 29.5.